The molecule has 2 rings (SSSR count). The van der Waals surface area contributed by atoms with E-state index in [-0.39, 0.29) is 5.41 Å². The molecule has 0 aromatic heterocycles. The zero-order valence-corrected chi connectivity index (χ0v) is 8.11. The molecule has 0 saturated heterocycles. The van der Waals surface area contributed by atoms with Gasteiger partial charge in [-0.3, -0.25) is 0 Å². The first-order chi connectivity index (χ1) is 6.83. The number of allylic oxidation sites excluding steroid dienone is 1. The molecule has 1 fully saturated rings. The molecular weight excluding hydrogens is 170 g/mol. The second-order valence-corrected chi connectivity index (χ2v) is 3.87. The Morgan fingerprint density at radius 2 is 2.21 bits per heavy atom. The van der Waals surface area contributed by atoms with Gasteiger partial charge in [0.1, 0.15) is 0 Å². The zero-order valence-electron chi connectivity index (χ0n) is 8.11. The summed E-state index contributed by atoms with van der Waals surface area (Å²) in [5.41, 5.74) is 0.949. The second kappa shape index (κ2) is 3.31. The van der Waals surface area contributed by atoms with Crippen molar-refractivity contribution < 1.29 is 0 Å². The van der Waals surface area contributed by atoms with Crippen LogP contribution >= 0.6 is 0 Å². The van der Waals surface area contributed by atoms with Gasteiger partial charge in [0.15, 0.2) is 0 Å². The van der Waals surface area contributed by atoms with Crippen LogP contribution in [0.25, 0.3) is 0 Å². The topological polar surface area (TPSA) is 23.8 Å². The van der Waals surface area contributed by atoms with E-state index in [1.807, 2.05) is 36.4 Å². The smallest absolute Gasteiger partial charge is 0.0857 e. The molecule has 1 nitrogen and oxygen atoms in total. The van der Waals surface area contributed by atoms with E-state index in [0.29, 0.717) is 5.92 Å². The normalized spacial score (nSPS) is 29.2. The molecule has 1 aliphatic rings. The molecule has 1 heteroatoms. The fourth-order valence-electron chi connectivity index (χ4n) is 2.11. The average Bonchev–Trinajstić information content (AvgIpc) is 2.95. The molecule has 2 atom stereocenters. The van der Waals surface area contributed by atoms with Gasteiger partial charge in [0.05, 0.1) is 11.5 Å². The van der Waals surface area contributed by atoms with E-state index in [0.717, 1.165) is 18.4 Å². The van der Waals surface area contributed by atoms with Crippen molar-refractivity contribution in [2.24, 2.45) is 5.92 Å². The summed E-state index contributed by atoms with van der Waals surface area (Å²) in [4.78, 5) is 0. The molecule has 1 aromatic rings. The van der Waals surface area contributed by atoms with Crippen molar-refractivity contribution in [3.05, 3.63) is 48.6 Å². The molecule has 70 valence electrons. The van der Waals surface area contributed by atoms with Gasteiger partial charge in [-0.2, -0.15) is 5.26 Å². The van der Waals surface area contributed by atoms with Crippen LogP contribution in [0.1, 0.15) is 18.4 Å². The van der Waals surface area contributed by atoms with Crippen LogP contribution in [0.5, 0.6) is 0 Å². The molecule has 0 spiro atoms. The Bertz CT molecular complexity index is 374. The van der Waals surface area contributed by atoms with Crippen LogP contribution < -0.4 is 0 Å². The maximum absolute atomic E-state index is 9.22. The zero-order chi connectivity index (χ0) is 10.0. The molecule has 0 bridgehead atoms. The third-order valence-corrected chi connectivity index (χ3v) is 3.04. The fourth-order valence-corrected chi connectivity index (χ4v) is 2.11. The minimum atomic E-state index is -0.213. The molecule has 1 aromatic carbocycles. The SMILES string of the molecule is C=CCC1CC1(C#N)c1ccccc1. The summed E-state index contributed by atoms with van der Waals surface area (Å²) in [6.45, 7) is 3.72. The molecule has 1 aliphatic carbocycles. The van der Waals surface area contributed by atoms with Crippen molar-refractivity contribution in [3.8, 4) is 6.07 Å². The molecule has 1 saturated carbocycles. The van der Waals surface area contributed by atoms with E-state index in [1.54, 1.807) is 0 Å². The number of nitrogens with zero attached hydrogens (tertiary/aromatic N) is 1. The van der Waals surface area contributed by atoms with E-state index < -0.39 is 0 Å². The minimum absolute atomic E-state index is 0.213. The molecule has 0 aliphatic heterocycles. The van der Waals surface area contributed by atoms with Gasteiger partial charge >= 0.3 is 0 Å². The van der Waals surface area contributed by atoms with E-state index in [9.17, 15) is 5.26 Å². The number of nitriles is 1. The second-order valence-electron chi connectivity index (χ2n) is 3.87. The quantitative estimate of drug-likeness (QED) is 0.661. The summed E-state index contributed by atoms with van der Waals surface area (Å²) in [5.74, 6) is 0.479. The number of hydrogen-bond donors (Lipinski definition) is 0. The van der Waals surface area contributed by atoms with Crippen LogP contribution in [0, 0.1) is 17.2 Å². The number of hydrogen-bond acceptors (Lipinski definition) is 1. The summed E-state index contributed by atoms with van der Waals surface area (Å²) in [6, 6.07) is 12.5. The molecule has 0 N–H and O–H groups in total. The van der Waals surface area contributed by atoms with Crippen molar-refractivity contribution in [1.29, 1.82) is 5.26 Å². The van der Waals surface area contributed by atoms with Gasteiger partial charge in [-0.25, -0.2) is 0 Å². The van der Waals surface area contributed by atoms with Gasteiger partial charge < -0.3 is 0 Å². The van der Waals surface area contributed by atoms with Gasteiger partial charge in [-0.05, 0) is 24.3 Å². The van der Waals surface area contributed by atoms with Crippen LogP contribution in [0.3, 0.4) is 0 Å². The summed E-state index contributed by atoms with van der Waals surface area (Å²) in [7, 11) is 0. The summed E-state index contributed by atoms with van der Waals surface area (Å²) >= 11 is 0. The predicted molar refractivity (Wildman–Crippen MR) is 56.7 cm³/mol. The maximum Gasteiger partial charge on any atom is 0.0857 e. The molecule has 0 amide bonds. The molecular formula is C13H13N. The lowest BCUT2D eigenvalue weighted by Gasteiger charge is -2.07. The summed E-state index contributed by atoms with van der Waals surface area (Å²) in [6.07, 6.45) is 3.84. The third-order valence-electron chi connectivity index (χ3n) is 3.04. The molecule has 0 heterocycles. The van der Waals surface area contributed by atoms with E-state index in [1.165, 1.54) is 0 Å². The predicted octanol–water partition coefficient (Wildman–Crippen LogP) is 3.04. The largest absolute Gasteiger partial charge is 0.197 e. The number of benzene rings is 1. The lowest BCUT2D eigenvalue weighted by Crippen LogP contribution is -2.06. The van der Waals surface area contributed by atoms with Crippen LogP contribution in [0.2, 0.25) is 0 Å². The van der Waals surface area contributed by atoms with Crippen LogP contribution in [0.4, 0.5) is 0 Å². The Labute approximate surface area is 84.7 Å². The highest BCUT2D eigenvalue weighted by atomic mass is 14.6. The van der Waals surface area contributed by atoms with Crippen LogP contribution in [-0.2, 0) is 5.41 Å². The standard InChI is InChI=1S/C13H13N/c1-2-6-12-9-13(12,10-14)11-7-4-3-5-8-11/h2-5,7-8,12H,1,6,9H2. The Kier molecular flexibility index (Phi) is 2.13. The van der Waals surface area contributed by atoms with Crippen molar-refractivity contribution in [2.75, 3.05) is 0 Å². The van der Waals surface area contributed by atoms with Crippen molar-refractivity contribution in [1.82, 2.24) is 0 Å². The average molecular weight is 183 g/mol. The highest BCUT2D eigenvalue weighted by molar-refractivity contribution is 5.41. The Morgan fingerprint density at radius 1 is 1.50 bits per heavy atom. The third kappa shape index (κ3) is 1.24. The van der Waals surface area contributed by atoms with Crippen LogP contribution in [-0.4, -0.2) is 0 Å². The van der Waals surface area contributed by atoms with Gasteiger partial charge in [0.2, 0.25) is 0 Å². The fraction of sp³-hybridized carbons (Fsp3) is 0.308. The van der Waals surface area contributed by atoms with Gasteiger partial charge in [-0.15, -0.1) is 6.58 Å². The minimum Gasteiger partial charge on any atom is -0.197 e. The van der Waals surface area contributed by atoms with E-state index in [4.69, 9.17) is 0 Å². The van der Waals surface area contributed by atoms with Gasteiger partial charge in [0.25, 0.3) is 0 Å². The summed E-state index contributed by atoms with van der Waals surface area (Å²) in [5, 5.41) is 9.22. The van der Waals surface area contributed by atoms with E-state index in [2.05, 4.69) is 12.6 Å². The van der Waals surface area contributed by atoms with Crippen LogP contribution in [0.15, 0.2) is 43.0 Å². The Morgan fingerprint density at radius 3 is 2.79 bits per heavy atom. The Balaban J connectivity index is 2.26. The summed E-state index contributed by atoms with van der Waals surface area (Å²) < 4.78 is 0. The first-order valence-corrected chi connectivity index (χ1v) is 4.91. The van der Waals surface area contributed by atoms with Crippen molar-refractivity contribution >= 4 is 0 Å². The lowest BCUT2D eigenvalue weighted by molar-refractivity contribution is 0.737. The highest BCUT2D eigenvalue weighted by Gasteiger charge is 2.54. The molecule has 2 unspecified atom stereocenters. The first-order valence-electron chi connectivity index (χ1n) is 4.91. The lowest BCUT2D eigenvalue weighted by atomic mass is 9.94. The molecule has 0 radical (unpaired) electrons. The highest BCUT2D eigenvalue weighted by Crippen LogP contribution is 2.55. The van der Waals surface area contributed by atoms with Gasteiger partial charge in [0, 0.05) is 0 Å². The monoisotopic (exact) mass is 183 g/mol. The first kappa shape index (κ1) is 9.02. The van der Waals surface area contributed by atoms with Gasteiger partial charge in [-0.1, -0.05) is 36.4 Å². The van der Waals surface area contributed by atoms with Crippen molar-refractivity contribution in [3.63, 3.8) is 0 Å². The number of rotatable bonds is 3. The van der Waals surface area contributed by atoms with E-state index >= 15 is 0 Å². The maximum atomic E-state index is 9.22. The molecule has 14 heavy (non-hydrogen) atoms. The Hall–Kier alpha value is -1.55. The van der Waals surface area contributed by atoms with Crippen molar-refractivity contribution in [2.45, 2.75) is 18.3 Å².